The van der Waals surface area contributed by atoms with Crippen LogP contribution in [0.15, 0.2) is 84.0 Å². The summed E-state index contributed by atoms with van der Waals surface area (Å²) in [5.74, 6) is 1.67. The van der Waals surface area contributed by atoms with Gasteiger partial charge in [-0.25, -0.2) is 33.1 Å². The van der Waals surface area contributed by atoms with Gasteiger partial charge in [0, 0.05) is 41.6 Å². The number of nitrogens with two attached hydrogens (primary N) is 1. The minimum absolute atomic E-state index is 0.112. The number of anilines is 2. The Kier molecular flexibility index (Phi) is 7.91. The number of ether oxygens (including phenoxy) is 1. The van der Waals surface area contributed by atoms with Gasteiger partial charge in [-0.05, 0) is 36.4 Å². The third-order valence-electron chi connectivity index (χ3n) is 5.86. The van der Waals surface area contributed by atoms with Crippen molar-refractivity contribution in [3.63, 3.8) is 0 Å². The van der Waals surface area contributed by atoms with Crippen molar-refractivity contribution in [3.8, 4) is 39.8 Å². The monoisotopic (exact) mass is 576 g/mol. The number of pyridine rings is 1. The van der Waals surface area contributed by atoms with Crippen LogP contribution < -0.4 is 20.5 Å². The molecule has 2 aromatic carbocycles. The zero-order valence-corrected chi connectivity index (χ0v) is 22.9. The Morgan fingerprint density at radius 3 is 2.50 bits per heavy atom. The lowest BCUT2D eigenvalue weighted by Gasteiger charge is -2.09. The van der Waals surface area contributed by atoms with E-state index in [2.05, 4.69) is 30.0 Å². The largest absolute Gasteiger partial charge is 0.493 e. The minimum atomic E-state index is -3.68. The molecule has 0 radical (unpaired) electrons. The molecule has 3 aromatic heterocycles. The number of H-pyrrole nitrogens is 1. The third-order valence-corrected chi connectivity index (χ3v) is 7.59. The Morgan fingerprint density at radius 1 is 0.975 bits per heavy atom. The van der Waals surface area contributed by atoms with Crippen molar-refractivity contribution in [1.82, 2.24) is 29.6 Å². The van der Waals surface area contributed by atoms with Crippen LogP contribution in [0.4, 0.5) is 11.8 Å². The number of nitrogens with zero attached hydrogens (tertiary/aromatic N) is 4. The quantitative estimate of drug-likeness (QED) is 0.178. The highest BCUT2D eigenvalue weighted by Gasteiger charge is 2.19. The lowest BCUT2D eigenvalue weighted by atomic mass is 10.1. The number of rotatable bonds is 10. The topological polar surface area (TPSA) is 161 Å². The predicted octanol–water partition coefficient (Wildman–Crippen LogP) is 4.23. The number of methoxy groups -OCH3 is 1. The molecule has 204 valence electrons. The van der Waals surface area contributed by atoms with Crippen LogP contribution in [0.5, 0.6) is 5.75 Å². The first-order valence-corrected chi connectivity index (χ1v) is 14.0. The second-order valence-electron chi connectivity index (χ2n) is 8.53. The van der Waals surface area contributed by atoms with Gasteiger partial charge in [-0.1, -0.05) is 41.9 Å². The number of benzene rings is 2. The summed E-state index contributed by atoms with van der Waals surface area (Å²) in [6.07, 6.45) is 3.24. The molecule has 40 heavy (non-hydrogen) atoms. The number of hydrogen-bond acceptors (Lipinski definition) is 9. The molecule has 0 spiro atoms. The number of nitrogen functional groups attached to an aromatic ring is 1. The van der Waals surface area contributed by atoms with Crippen LogP contribution in [0.1, 0.15) is 0 Å². The van der Waals surface area contributed by atoms with Crippen LogP contribution in [0.25, 0.3) is 34.0 Å². The Labute approximate surface area is 235 Å². The molecule has 5 N–H and O–H groups in total. The molecule has 0 aliphatic heterocycles. The molecule has 0 amide bonds. The maximum Gasteiger partial charge on any atom is 0.240 e. The smallest absolute Gasteiger partial charge is 0.240 e. The summed E-state index contributed by atoms with van der Waals surface area (Å²) in [4.78, 5) is 21.5. The zero-order valence-electron chi connectivity index (χ0n) is 21.3. The second kappa shape index (κ2) is 11.7. The summed E-state index contributed by atoms with van der Waals surface area (Å²) in [6.45, 7) is 0.360. The third kappa shape index (κ3) is 6.04. The van der Waals surface area contributed by atoms with Crippen molar-refractivity contribution in [3.05, 3.63) is 84.1 Å². The second-order valence-corrected chi connectivity index (χ2v) is 10.7. The Balaban J connectivity index is 1.38. The van der Waals surface area contributed by atoms with Gasteiger partial charge in [0.25, 0.3) is 0 Å². The fourth-order valence-corrected chi connectivity index (χ4v) is 5.05. The van der Waals surface area contributed by atoms with Gasteiger partial charge >= 0.3 is 0 Å². The summed E-state index contributed by atoms with van der Waals surface area (Å²) in [5.41, 5.74) is 9.32. The van der Waals surface area contributed by atoms with Gasteiger partial charge in [-0.3, -0.25) is 0 Å². The number of aromatic nitrogens is 5. The first kappa shape index (κ1) is 27.1. The van der Waals surface area contributed by atoms with Crippen LogP contribution in [0.2, 0.25) is 5.02 Å². The summed E-state index contributed by atoms with van der Waals surface area (Å²) in [6, 6.07) is 19.2. The van der Waals surface area contributed by atoms with Gasteiger partial charge in [-0.15, -0.1) is 0 Å². The highest BCUT2D eigenvalue weighted by atomic mass is 35.5. The van der Waals surface area contributed by atoms with Gasteiger partial charge in [0.05, 0.1) is 23.4 Å². The Hall–Kier alpha value is -4.52. The molecule has 0 bridgehead atoms. The summed E-state index contributed by atoms with van der Waals surface area (Å²) >= 11 is 5.85. The average molecular weight is 577 g/mol. The van der Waals surface area contributed by atoms with E-state index in [-0.39, 0.29) is 23.8 Å². The van der Waals surface area contributed by atoms with Crippen molar-refractivity contribution in [2.45, 2.75) is 4.90 Å². The normalized spacial score (nSPS) is 11.3. The summed E-state index contributed by atoms with van der Waals surface area (Å²) in [7, 11) is -2.15. The molecule has 0 atom stereocenters. The average Bonchev–Trinajstić information content (AvgIpc) is 3.42. The number of hydrogen-bond donors (Lipinski definition) is 4. The maximum atomic E-state index is 12.5. The zero-order chi connectivity index (χ0) is 28.1. The maximum absolute atomic E-state index is 12.5. The van der Waals surface area contributed by atoms with E-state index < -0.39 is 10.0 Å². The van der Waals surface area contributed by atoms with Crippen LogP contribution >= 0.6 is 11.6 Å². The van der Waals surface area contributed by atoms with Crippen molar-refractivity contribution < 1.29 is 13.2 Å². The molecule has 0 saturated carbocycles. The summed E-state index contributed by atoms with van der Waals surface area (Å²) in [5, 5.41) is 3.51. The molecule has 3 heterocycles. The predicted molar refractivity (Wildman–Crippen MR) is 154 cm³/mol. The standard InChI is InChI=1S/C27H25ClN8O3S/c1-39-22-15-18(16-32-25(22)29)23-24(36-26(35-23)17-5-3-2-4-6-17)21-11-12-30-27(34-21)31-13-14-33-40(37,38)20-9-7-19(28)8-10-20/h2-12,15-16,33H,13-14H2,1H3,(H2,29,32)(H,35,36)(H,30,31,34). The highest BCUT2D eigenvalue weighted by Crippen LogP contribution is 2.34. The minimum Gasteiger partial charge on any atom is -0.493 e. The number of aromatic amines is 1. The van der Waals surface area contributed by atoms with Gasteiger partial charge in [0.2, 0.25) is 16.0 Å². The van der Waals surface area contributed by atoms with Crippen LogP contribution in [0, 0.1) is 0 Å². The molecule has 5 aromatic rings. The molecular weight excluding hydrogens is 552 g/mol. The molecule has 11 nitrogen and oxygen atoms in total. The lowest BCUT2D eigenvalue weighted by molar-refractivity contribution is 0.415. The van der Waals surface area contributed by atoms with E-state index in [1.54, 1.807) is 24.5 Å². The van der Waals surface area contributed by atoms with Gasteiger partial charge in [-0.2, -0.15) is 0 Å². The number of sulfonamides is 1. The van der Waals surface area contributed by atoms with Crippen LogP contribution in [-0.4, -0.2) is 53.5 Å². The van der Waals surface area contributed by atoms with Crippen molar-refractivity contribution in [2.24, 2.45) is 0 Å². The van der Waals surface area contributed by atoms with Crippen molar-refractivity contribution >= 4 is 33.4 Å². The fraction of sp³-hybridized carbons (Fsp3) is 0.111. The van der Waals surface area contributed by atoms with Crippen LogP contribution in [-0.2, 0) is 10.0 Å². The first-order valence-electron chi connectivity index (χ1n) is 12.1. The van der Waals surface area contributed by atoms with E-state index >= 15 is 0 Å². The van der Waals surface area contributed by atoms with Gasteiger partial charge in [0.1, 0.15) is 11.5 Å². The van der Waals surface area contributed by atoms with E-state index in [0.717, 1.165) is 5.56 Å². The number of nitrogens with one attached hydrogen (secondary N) is 3. The molecule has 5 rings (SSSR count). The molecular formula is C27H25ClN8O3S. The highest BCUT2D eigenvalue weighted by molar-refractivity contribution is 7.89. The molecule has 0 aliphatic rings. The van der Waals surface area contributed by atoms with Gasteiger partial charge in [0.15, 0.2) is 11.6 Å². The fourth-order valence-electron chi connectivity index (χ4n) is 3.89. The van der Waals surface area contributed by atoms with E-state index in [1.165, 1.54) is 31.4 Å². The van der Waals surface area contributed by atoms with E-state index in [1.807, 2.05) is 30.3 Å². The van der Waals surface area contributed by atoms with Crippen molar-refractivity contribution in [1.29, 1.82) is 0 Å². The van der Waals surface area contributed by atoms with Crippen LogP contribution in [0.3, 0.4) is 0 Å². The summed E-state index contributed by atoms with van der Waals surface area (Å²) < 4.78 is 32.9. The molecule has 0 fully saturated rings. The van der Waals surface area contributed by atoms with Crippen molar-refractivity contribution in [2.75, 3.05) is 31.2 Å². The van der Waals surface area contributed by atoms with Gasteiger partial charge < -0.3 is 20.8 Å². The van der Waals surface area contributed by atoms with E-state index in [4.69, 9.17) is 27.1 Å². The van der Waals surface area contributed by atoms with E-state index in [9.17, 15) is 8.42 Å². The molecule has 0 saturated heterocycles. The molecule has 0 unspecified atom stereocenters. The number of imidazole rings is 1. The van der Waals surface area contributed by atoms with E-state index in [0.29, 0.717) is 45.2 Å². The Bertz CT molecular complexity index is 1730. The molecule has 13 heteroatoms. The number of halogens is 1. The lowest BCUT2D eigenvalue weighted by Crippen LogP contribution is -2.29. The SMILES string of the molecule is COc1cc(-c2[nH]c(-c3ccccc3)nc2-c2ccnc(NCCNS(=O)(=O)c3ccc(Cl)cc3)n2)cnc1N. The first-order chi connectivity index (χ1) is 19.3. The Morgan fingerprint density at radius 2 is 1.75 bits per heavy atom. The molecule has 0 aliphatic carbocycles.